The predicted octanol–water partition coefficient (Wildman–Crippen LogP) is 3.62. The summed E-state index contributed by atoms with van der Waals surface area (Å²) in [5, 5.41) is 4.30. The molecular weight excluding hydrogens is 204 g/mol. The highest BCUT2D eigenvalue weighted by Gasteiger charge is 1.96. The lowest BCUT2D eigenvalue weighted by Crippen LogP contribution is -2.07. The van der Waals surface area contributed by atoms with Crippen molar-refractivity contribution in [2.45, 2.75) is 19.8 Å². The Hall–Kier alpha value is -0.960. The van der Waals surface area contributed by atoms with Gasteiger partial charge in [0.15, 0.2) is 5.17 Å². The van der Waals surface area contributed by atoms with E-state index in [9.17, 15) is 0 Å². The Kier molecular flexibility index (Phi) is 5.93. The molecule has 3 heteroatoms. The summed E-state index contributed by atoms with van der Waals surface area (Å²) in [5.74, 6) is 0. The Labute approximate surface area is 96.2 Å². The highest BCUT2D eigenvalue weighted by molar-refractivity contribution is 8.13. The van der Waals surface area contributed by atoms with Gasteiger partial charge < -0.3 is 5.32 Å². The van der Waals surface area contributed by atoms with E-state index in [0.29, 0.717) is 0 Å². The summed E-state index contributed by atoms with van der Waals surface area (Å²) in [6.45, 7) is 3.09. The molecule has 2 nitrogen and oxygen atoms in total. The molecule has 15 heavy (non-hydrogen) atoms. The highest BCUT2D eigenvalue weighted by Crippen LogP contribution is 2.09. The Morgan fingerprint density at radius 1 is 1.33 bits per heavy atom. The van der Waals surface area contributed by atoms with Gasteiger partial charge in [-0.15, -0.1) is 0 Å². The normalized spacial score (nSPS) is 11.5. The lowest BCUT2D eigenvalue weighted by Gasteiger charge is -2.06. The molecule has 0 aliphatic heterocycles. The number of thioether (sulfide) groups is 1. The van der Waals surface area contributed by atoms with E-state index < -0.39 is 0 Å². The summed E-state index contributed by atoms with van der Waals surface area (Å²) in [6.07, 6.45) is 4.39. The number of benzene rings is 1. The standard InChI is InChI=1S/C12H18N2S/c1-3-4-10-13-12(15-2)14-11-8-6-5-7-9-11/h5-9H,3-4,10H2,1-2H3,(H,13,14). The molecule has 1 aromatic rings. The molecule has 0 atom stereocenters. The van der Waals surface area contributed by atoms with Crippen LogP contribution in [0.15, 0.2) is 35.3 Å². The molecule has 1 rings (SSSR count). The third-order valence-electron chi connectivity index (χ3n) is 1.99. The van der Waals surface area contributed by atoms with E-state index in [2.05, 4.69) is 17.2 Å². The van der Waals surface area contributed by atoms with Crippen LogP contribution in [0.25, 0.3) is 0 Å². The molecule has 0 fully saturated rings. The smallest absolute Gasteiger partial charge is 0.160 e. The second kappa shape index (κ2) is 7.35. The molecule has 0 amide bonds. The van der Waals surface area contributed by atoms with Gasteiger partial charge in [-0.05, 0) is 24.8 Å². The first kappa shape index (κ1) is 12.1. The minimum atomic E-state index is 0.909. The zero-order valence-electron chi connectivity index (χ0n) is 9.36. The maximum absolute atomic E-state index is 4.50. The monoisotopic (exact) mass is 222 g/mol. The van der Waals surface area contributed by atoms with Crippen LogP contribution in [-0.4, -0.2) is 18.0 Å². The Bertz CT molecular complexity index is 296. The largest absolute Gasteiger partial charge is 0.335 e. The molecule has 1 aromatic carbocycles. The average molecular weight is 222 g/mol. The van der Waals surface area contributed by atoms with Crippen LogP contribution >= 0.6 is 11.8 Å². The predicted molar refractivity (Wildman–Crippen MR) is 70.8 cm³/mol. The van der Waals surface area contributed by atoms with Crippen molar-refractivity contribution in [3.63, 3.8) is 0 Å². The van der Waals surface area contributed by atoms with Gasteiger partial charge in [0.25, 0.3) is 0 Å². The second-order valence-electron chi connectivity index (χ2n) is 3.24. The maximum Gasteiger partial charge on any atom is 0.160 e. The minimum Gasteiger partial charge on any atom is -0.335 e. The number of hydrogen-bond donors (Lipinski definition) is 1. The molecule has 0 spiro atoms. The van der Waals surface area contributed by atoms with Crippen LogP contribution in [0, 0.1) is 0 Å². The van der Waals surface area contributed by atoms with E-state index in [-0.39, 0.29) is 0 Å². The zero-order chi connectivity index (χ0) is 10.9. The van der Waals surface area contributed by atoms with E-state index in [1.165, 1.54) is 6.42 Å². The van der Waals surface area contributed by atoms with E-state index in [1.807, 2.05) is 36.6 Å². The molecule has 82 valence electrons. The van der Waals surface area contributed by atoms with E-state index in [1.54, 1.807) is 11.8 Å². The average Bonchev–Trinajstić information content (AvgIpc) is 2.29. The Morgan fingerprint density at radius 3 is 2.67 bits per heavy atom. The van der Waals surface area contributed by atoms with Crippen LogP contribution < -0.4 is 5.32 Å². The van der Waals surface area contributed by atoms with Gasteiger partial charge in [-0.3, -0.25) is 4.99 Å². The summed E-state index contributed by atoms with van der Waals surface area (Å²) < 4.78 is 0. The summed E-state index contributed by atoms with van der Waals surface area (Å²) in [4.78, 5) is 4.50. The van der Waals surface area contributed by atoms with Crippen molar-refractivity contribution >= 4 is 22.6 Å². The summed E-state index contributed by atoms with van der Waals surface area (Å²) in [7, 11) is 0. The van der Waals surface area contributed by atoms with Crippen LogP contribution in [0.3, 0.4) is 0 Å². The van der Waals surface area contributed by atoms with Crippen molar-refractivity contribution in [2.75, 3.05) is 18.1 Å². The van der Waals surface area contributed by atoms with E-state index in [0.717, 1.165) is 23.8 Å². The highest BCUT2D eigenvalue weighted by atomic mass is 32.2. The van der Waals surface area contributed by atoms with Gasteiger partial charge in [0.2, 0.25) is 0 Å². The van der Waals surface area contributed by atoms with Gasteiger partial charge in [-0.1, -0.05) is 43.3 Å². The van der Waals surface area contributed by atoms with Crippen molar-refractivity contribution in [1.82, 2.24) is 0 Å². The van der Waals surface area contributed by atoms with Crippen molar-refractivity contribution in [3.05, 3.63) is 30.3 Å². The van der Waals surface area contributed by atoms with Gasteiger partial charge in [-0.25, -0.2) is 0 Å². The second-order valence-corrected chi connectivity index (χ2v) is 4.03. The molecule has 0 aliphatic carbocycles. The SMILES string of the molecule is CCCCN=C(Nc1ccccc1)SC. The van der Waals surface area contributed by atoms with Crippen molar-refractivity contribution in [1.29, 1.82) is 0 Å². The van der Waals surface area contributed by atoms with Crippen LogP contribution in [0.1, 0.15) is 19.8 Å². The van der Waals surface area contributed by atoms with Gasteiger partial charge >= 0.3 is 0 Å². The summed E-state index contributed by atoms with van der Waals surface area (Å²) in [6, 6.07) is 10.1. The molecule has 0 heterocycles. The third-order valence-corrected chi connectivity index (χ3v) is 2.60. The first-order chi connectivity index (χ1) is 7.36. The van der Waals surface area contributed by atoms with Gasteiger partial charge in [-0.2, -0.15) is 0 Å². The number of hydrogen-bond acceptors (Lipinski definition) is 2. The fourth-order valence-electron chi connectivity index (χ4n) is 1.14. The Balaban J connectivity index is 2.50. The zero-order valence-corrected chi connectivity index (χ0v) is 10.2. The molecule has 0 aromatic heterocycles. The topological polar surface area (TPSA) is 24.4 Å². The first-order valence-corrected chi connectivity index (χ1v) is 6.49. The van der Waals surface area contributed by atoms with Crippen LogP contribution in [-0.2, 0) is 0 Å². The van der Waals surface area contributed by atoms with Crippen LogP contribution in [0.5, 0.6) is 0 Å². The van der Waals surface area contributed by atoms with Crippen molar-refractivity contribution in [3.8, 4) is 0 Å². The number of aliphatic imine (C=N–C) groups is 1. The van der Waals surface area contributed by atoms with Gasteiger partial charge in [0, 0.05) is 12.2 Å². The number of unbranched alkanes of at least 4 members (excludes halogenated alkanes) is 1. The quantitative estimate of drug-likeness (QED) is 0.478. The number of amidine groups is 1. The molecule has 0 saturated carbocycles. The molecule has 0 unspecified atom stereocenters. The maximum atomic E-state index is 4.50. The molecule has 0 saturated heterocycles. The molecular formula is C12H18N2S. The number of anilines is 1. The molecule has 0 bridgehead atoms. The summed E-state index contributed by atoms with van der Waals surface area (Å²) >= 11 is 1.65. The molecule has 0 aliphatic rings. The number of nitrogens with one attached hydrogen (secondary N) is 1. The Morgan fingerprint density at radius 2 is 2.07 bits per heavy atom. The fourth-order valence-corrected chi connectivity index (χ4v) is 1.58. The summed E-state index contributed by atoms with van der Waals surface area (Å²) in [5.41, 5.74) is 1.10. The molecule has 0 radical (unpaired) electrons. The van der Waals surface area contributed by atoms with Crippen LogP contribution in [0.2, 0.25) is 0 Å². The lowest BCUT2D eigenvalue weighted by molar-refractivity contribution is 0.809. The van der Waals surface area contributed by atoms with E-state index >= 15 is 0 Å². The van der Waals surface area contributed by atoms with E-state index in [4.69, 9.17) is 0 Å². The van der Waals surface area contributed by atoms with Crippen LogP contribution in [0.4, 0.5) is 5.69 Å². The third kappa shape index (κ3) is 4.88. The van der Waals surface area contributed by atoms with Crippen molar-refractivity contribution < 1.29 is 0 Å². The van der Waals surface area contributed by atoms with Gasteiger partial charge in [0.1, 0.15) is 0 Å². The fraction of sp³-hybridized carbons (Fsp3) is 0.417. The van der Waals surface area contributed by atoms with Crippen molar-refractivity contribution in [2.24, 2.45) is 4.99 Å². The first-order valence-electron chi connectivity index (χ1n) is 5.27. The lowest BCUT2D eigenvalue weighted by atomic mass is 10.3. The number of nitrogens with zero attached hydrogens (tertiary/aromatic N) is 1. The number of para-hydroxylation sites is 1. The molecule has 1 N–H and O–H groups in total. The van der Waals surface area contributed by atoms with Gasteiger partial charge in [0.05, 0.1) is 0 Å². The number of rotatable bonds is 4. The minimum absolute atomic E-state index is 0.909.